The summed E-state index contributed by atoms with van der Waals surface area (Å²) >= 11 is 6.05. The Labute approximate surface area is 159 Å². The van der Waals surface area contributed by atoms with Gasteiger partial charge in [0.25, 0.3) is 0 Å². The lowest BCUT2D eigenvalue weighted by molar-refractivity contribution is 0.00489. The van der Waals surface area contributed by atoms with Crippen LogP contribution in [-0.2, 0) is 16.8 Å². The maximum absolute atomic E-state index is 12.1. The molecule has 0 radical (unpaired) electrons. The van der Waals surface area contributed by atoms with Crippen molar-refractivity contribution in [2.24, 2.45) is 0 Å². The Morgan fingerprint density at radius 2 is 1.85 bits per heavy atom. The van der Waals surface area contributed by atoms with Crippen LogP contribution in [0.2, 0.25) is 5.02 Å². The van der Waals surface area contributed by atoms with Gasteiger partial charge in [-0.15, -0.1) is 0 Å². The maximum atomic E-state index is 12.1. The van der Waals surface area contributed by atoms with Gasteiger partial charge < -0.3 is 20.1 Å². The summed E-state index contributed by atoms with van der Waals surface area (Å²) in [4.78, 5) is 12.1. The zero-order chi connectivity index (χ0) is 19.0. The van der Waals surface area contributed by atoms with E-state index in [9.17, 15) is 4.79 Å². The standard InChI is InChI=1S/C20H25ClN2O3/c1-20(26-3,16-5-4-6-17(21)13-16)14-23-19(24)22-12-11-15-7-9-18(25-2)10-8-15/h4-10,13H,11-12,14H2,1-3H3,(H2,22,23,24)/t20-/m1/s1. The average molecular weight is 377 g/mol. The van der Waals surface area contributed by atoms with E-state index in [2.05, 4.69) is 10.6 Å². The van der Waals surface area contributed by atoms with Crippen LogP contribution < -0.4 is 15.4 Å². The molecule has 1 atom stereocenters. The van der Waals surface area contributed by atoms with Gasteiger partial charge in [-0.2, -0.15) is 0 Å². The molecule has 0 heterocycles. The maximum Gasteiger partial charge on any atom is 0.314 e. The highest BCUT2D eigenvalue weighted by Gasteiger charge is 2.27. The summed E-state index contributed by atoms with van der Waals surface area (Å²) < 4.78 is 10.7. The number of benzene rings is 2. The van der Waals surface area contributed by atoms with Gasteiger partial charge in [-0.1, -0.05) is 35.9 Å². The molecule has 6 heteroatoms. The minimum absolute atomic E-state index is 0.233. The number of amides is 2. The van der Waals surface area contributed by atoms with E-state index in [1.54, 1.807) is 20.3 Å². The largest absolute Gasteiger partial charge is 0.497 e. The number of carbonyl (C=O) groups excluding carboxylic acids is 1. The molecule has 0 spiro atoms. The molecule has 0 unspecified atom stereocenters. The van der Waals surface area contributed by atoms with Crippen molar-refractivity contribution in [3.8, 4) is 5.75 Å². The molecule has 0 aromatic heterocycles. The fourth-order valence-corrected chi connectivity index (χ4v) is 2.72. The zero-order valence-corrected chi connectivity index (χ0v) is 16.1. The lowest BCUT2D eigenvalue weighted by atomic mass is 9.96. The first-order valence-electron chi connectivity index (χ1n) is 8.42. The molecule has 26 heavy (non-hydrogen) atoms. The molecule has 2 aromatic carbocycles. The fourth-order valence-electron chi connectivity index (χ4n) is 2.53. The Hall–Kier alpha value is -2.24. The molecular weight excluding hydrogens is 352 g/mol. The minimum Gasteiger partial charge on any atom is -0.497 e. The fraction of sp³-hybridized carbons (Fsp3) is 0.350. The number of hydrogen-bond donors (Lipinski definition) is 2. The smallest absolute Gasteiger partial charge is 0.314 e. The van der Waals surface area contributed by atoms with Crippen molar-refractivity contribution < 1.29 is 14.3 Å². The van der Waals surface area contributed by atoms with Crippen molar-refractivity contribution in [2.45, 2.75) is 18.9 Å². The van der Waals surface area contributed by atoms with Crippen molar-refractivity contribution in [1.82, 2.24) is 10.6 Å². The van der Waals surface area contributed by atoms with Gasteiger partial charge in [0.1, 0.15) is 11.4 Å². The first-order chi connectivity index (χ1) is 12.5. The predicted octanol–water partition coefficient (Wildman–Crippen LogP) is 3.75. The summed E-state index contributed by atoms with van der Waals surface area (Å²) in [6.07, 6.45) is 0.743. The van der Waals surface area contributed by atoms with E-state index in [0.717, 1.165) is 23.3 Å². The van der Waals surface area contributed by atoms with E-state index >= 15 is 0 Å². The predicted molar refractivity (Wildman–Crippen MR) is 104 cm³/mol. The number of rotatable bonds is 8. The highest BCUT2D eigenvalue weighted by atomic mass is 35.5. The number of hydrogen-bond acceptors (Lipinski definition) is 3. The van der Waals surface area contributed by atoms with E-state index in [4.69, 9.17) is 21.1 Å². The number of halogens is 1. The van der Waals surface area contributed by atoms with Gasteiger partial charge in [-0.25, -0.2) is 4.79 Å². The molecule has 2 N–H and O–H groups in total. The molecule has 2 rings (SSSR count). The van der Waals surface area contributed by atoms with Crippen LogP contribution in [0.3, 0.4) is 0 Å². The topological polar surface area (TPSA) is 59.6 Å². The average Bonchev–Trinajstić information content (AvgIpc) is 2.66. The summed E-state index contributed by atoms with van der Waals surface area (Å²) in [5, 5.41) is 6.35. The second-order valence-electron chi connectivity index (χ2n) is 6.15. The second-order valence-corrected chi connectivity index (χ2v) is 6.59. The Balaban J connectivity index is 1.81. The number of methoxy groups -OCH3 is 2. The van der Waals surface area contributed by atoms with E-state index in [-0.39, 0.29) is 6.03 Å². The summed E-state index contributed by atoms with van der Waals surface area (Å²) in [5.74, 6) is 0.819. The molecule has 0 fully saturated rings. The Bertz CT molecular complexity index is 721. The van der Waals surface area contributed by atoms with Gasteiger partial charge in [0.05, 0.1) is 13.7 Å². The number of ether oxygens (including phenoxy) is 2. The van der Waals surface area contributed by atoms with Crippen molar-refractivity contribution in [3.63, 3.8) is 0 Å². The van der Waals surface area contributed by atoms with E-state index in [0.29, 0.717) is 18.1 Å². The van der Waals surface area contributed by atoms with Crippen LogP contribution in [-0.4, -0.2) is 33.3 Å². The molecule has 0 aliphatic rings. The van der Waals surface area contributed by atoms with Gasteiger partial charge in [0, 0.05) is 18.7 Å². The van der Waals surface area contributed by atoms with E-state index in [1.807, 2.05) is 49.4 Å². The number of nitrogens with one attached hydrogen (secondary N) is 2. The van der Waals surface area contributed by atoms with Gasteiger partial charge >= 0.3 is 6.03 Å². The van der Waals surface area contributed by atoms with Crippen LogP contribution in [0.4, 0.5) is 4.79 Å². The molecule has 0 bridgehead atoms. The van der Waals surface area contributed by atoms with Gasteiger partial charge in [0.15, 0.2) is 0 Å². The monoisotopic (exact) mass is 376 g/mol. The van der Waals surface area contributed by atoms with Crippen LogP contribution in [0.1, 0.15) is 18.1 Å². The number of urea groups is 1. The molecule has 2 aromatic rings. The first kappa shape index (κ1) is 20.1. The van der Waals surface area contributed by atoms with Crippen LogP contribution in [0.5, 0.6) is 5.75 Å². The third kappa shape index (κ3) is 5.64. The van der Waals surface area contributed by atoms with Crippen LogP contribution >= 0.6 is 11.6 Å². The molecule has 140 valence electrons. The third-order valence-electron chi connectivity index (χ3n) is 4.33. The van der Waals surface area contributed by atoms with Crippen molar-refractivity contribution in [1.29, 1.82) is 0 Å². The Kier molecular flexibility index (Phi) is 7.30. The quantitative estimate of drug-likeness (QED) is 0.737. The van der Waals surface area contributed by atoms with Crippen molar-refractivity contribution in [3.05, 3.63) is 64.7 Å². The first-order valence-corrected chi connectivity index (χ1v) is 8.80. The summed E-state index contributed by atoms with van der Waals surface area (Å²) in [7, 11) is 3.25. The van der Waals surface area contributed by atoms with Crippen LogP contribution in [0, 0.1) is 0 Å². The van der Waals surface area contributed by atoms with Crippen LogP contribution in [0.25, 0.3) is 0 Å². The van der Waals surface area contributed by atoms with Crippen molar-refractivity contribution >= 4 is 17.6 Å². The molecule has 0 aliphatic carbocycles. The van der Waals surface area contributed by atoms with Gasteiger partial charge in [-0.05, 0) is 48.7 Å². The molecule has 2 amide bonds. The van der Waals surface area contributed by atoms with Crippen molar-refractivity contribution in [2.75, 3.05) is 27.3 Å². The van der Waals surface area contributed by atoms with E-state index < -0.39 is 5.60 Å². The molecule has 0 saturated carbocycles. The highest BCUT2D eigenvalue weighted by molar-refractivity contribution is 6.30. The zero-order valence-electron chi connectivity index (χ0n) is 15.3. The molecule has 0 aliphatic heterocycles. The number of carbonyl (C=O) groups is 1. The Morgan fingerprint density at radius 1 is 1.12 bits per heavy atom. The summed E-state index contributed by atoms with van der Waals surface area (Å²) in [6.45, 7) is 2.79. The lowest BCUT2D eigenvalue weighted by Gasteiger charge is -2.29. The lowest BCUT2D eigenvalue weighted by Crippen LogP contribution is -2.44. The minimum atomic E-state index is -0.655. The Morgan fingerprint density at radius 3 is 2.46 bits per heavy atom. The van der Waals surface area contributed by atoms with Crippen LogP contribution in [0.15, 0.2) is 48.5 Å². The summed E-state index contributed by atoms with van der Waals surface area (Å²) in [5.41, 5.74) is 1.39. The second kappa shape index (κ2) is 9.46. The SMILES string of the molecule is COc1ccc(CCNC(=O)NC[C@@](C)(OC)c2cccc(Cl)c2)cc1. The molecule has 0 saturated heterocycles. The molecular formula is C20H25ClN2O3. The van der Waals surface area contributed by atoms with E-state index in [1.165, 1.54) is 0 Å². The third-order valence-corrected chi connectivity index (χ3v) is 4.57. The normalized spacial score (nSPS) is 12.9. The summed E-state index contributed by atoms with van der Waals surface area (Å²) in [6, 6.07) is 15.0. The van der Waals surface area contributed by atoms with Gasteiger partial charge in [-0.3, -0.25) is 0 Å². The highest BCUT2D eigenvalue weighted by Crippen LogP contribution is 2.26. The van der Waals surface area contributed by atoms with Gasteiger partial charge in [0.2, 0.25) is 0 Å². The molecule has 5 nitrogen and oxygen atoms in total.